The smallest absolute Gasteiger partial charge is 0.250 e. The lowest BCUT2D eigenvalue weighted by Gasteiger charge is -2.36. The van der Waals surface area contributed by atoms with E-state index in [4.69, 9.17) is 5.10 Å². The van der Waals surface area contributed by atoms with Crippen LogP contribution in [0.5, 0.6) is 0 Å². The molecule has 9 nitrogen and oxygen atoms in total. The Balaban J connectivity index is 1.43. The third kappa shape index (κ3) is 3.31. The number of benzene rings is 3. The summed E-state index contributed by atoms with van der Waals surface area (Å²) in [6.07, 6.45) is 4.98. The first-order chi connectivity index (χ1) is 20.6. The molecule has 0 radical (unpaired) electrons. The summed E-state index contributed by atoms with van der Waals surface area (Å²) in [6.45, 7) is 2.72. The molecule has 0 aliphatic carbocycles. The minimum absolute atomic E-state index is 0.0433. The van der Waals surface area contributed by atoms with Gasteiger partial charge in [-0.2, -0.15) is 10.2 Å². The highest BCUT2D eigenvalue weighted by atomic mass is 16.2. The Morgan fingerprint density at radius 1 is 0.976 bits per heavy atom. The Bertz CT molecular complexity index is 1820. The van der Waals surface area contributed by atoms with Crippen molar-refractivity contribution >= 4 is 17.4 Å². The minimum atomic E-state index is -1.14. The van der Waals surface area contributed by atoms with Crippen LogP contribution in [-0.2, 0) is 10.3 Å². The van der Waals surface area contributed by atoms with Crippen molar-refractivity contribution in [3.8, 4) is 11.5 Å². The molecule has 2 saturated heterocycles. The van der Waals surface area contributed by atoms with Crippen molar-refractivity contribution in [2.75, 3.05) is 11.9 Å². The number of hydrogen-bond acceptors (Lipinski definition) is 6. The fourth-order valence-electron chi connectivity index (χ4n) is 7.82. The summed E-state index contributed by atoms with van der Waals surface area (Å²) in [4.78, 5) is 35.9. The molecule has 0 bridgehead atoms. The third-order valence-corrected chi connectivity index (χ3v) is 9.30. The van der Waals surface area contributed by atoms with Crippen LogP contribution in [0.3, 0.4) is 0 Å². The number of rotatable bonds is 5. The van der Waals surface area contributed by atoms with Crippen LogP contribution < -0.4 is 5.32 Å². The second-order valence-electron chi connectivity index (χ2n) is 11.3. The summed E-state index contributed by atoms with van der Waals surface area (Å²) < 4.78 is 3.62. The number of nitrogens with one attached hydrogen (secondary N) is 1. The van der Waals surface area contributed by atoms with E-state index in [0.717, 1.165) is 53.4 Å². The highest BCUT2D eigenvalue weighted by Crippen LogP contribution is 2.62. The second-order valence-corrected chi connectivity index (χ2v) is 11.3. The van der Waals surface area contributed by atoms with Crippen LogP contribution >= 0.6 is 0 Å². The molecule has 208 valence electrons. The van der Waals surface area contributed by atoms with Gasteiger partial charge in [0.15, 0.2) is 11.6 Å². The van der Waals surface area contributed by atoms with E-state index in [1.165, 1.54) is 6.33 Å². The maximum atomic E-state index is 14.9. The van der Waals surface area contributed by atoms with Gasteiger partial charge < -0.3 is 5.32 Å². The van der Waals surface area contributed by atoms with Crippen molar-refractivity contribution in [2.45, 2.75) is 37.3 Å². The van der Waals surface area contributed by atoms with E-state index in [0.29, 0.717) is 5.56 Å². The van der Waals surface area contributed by atoms with Crippen LogP contribution in [-0.4, -0.2) is 53.7 Å². The van der Waals surface area contributed by atoms with E-state index in [2.05, 4.69) is 20.3 Å². The summed E-state index contributed by atoms with van der Waals surface area (Å²) in [5, 5.41) is 12.7. The topological polar surface area (TPSA) is 97.9 Å². The van der Waals surface area contributed by atoms with Crippen molar-refractivity contribution in [1.82, 2.24) is 29.4 Å². The number of anilines is 1. The Morgan fingerprint density at radius 2 is 1.71 bits per heavy atom. The first-order valence-corrected chi connectivity index (χ1v) is 14.4. The van der Waals surface area contributed by atoms with Gasteiger partial charge in [0.2, 0.25) is 5.91 Å². The lowest BCUT2D eigenvalue weighted by molar-refractivity contribution is -0.127. The molecule has 8 rings (SSSR count). The van der Waals surface area contributed by atoms with Gasteiger partial charge in [-0.05, 0) is 44.5 Å². The van der Waals surface area contributed by atoms with Crippen LogP contribution in [0.4, 0.5) is 5.69 Å². The highest BCUT2D eigenvalue weighted by molar-refractivity contribution is 6.12. The maximum Gasteiger partial charge on any atom is 0.250 e. The van der Waals surface area contributed by atoms with E-state index in [-0.39, 0.29) is 23.7 Å². The van der Waals surface area contributed by atoms with E-state index >= 15 is 0 Å². The van der Waals surface area contributed by atoms with Crippen LogP contribution in [0, 0.1) is 12.8 Å². The lowest BCUT2D eigenvalue weighted by atomic mass is 9.68. The summed E-state index contributed by atoms with van der Waals surface area (Å²) in [6, 6.07) is 27.1. The molecular formula is C33H29N7O2. The van der Waals surface area contributed by atoms with Gasteiger partial charge in [0, 0.05) is 34.3 Å². The quantitative estimate of drug-likeness (QED) is 0.317. The van der Waals surface area contributed by atoms with Gasteiger partial charge in [-0.1, -0.05) is 66.7 Å². The normalized spacial score (nSPS) is 24.6. The molecule has 2 fully saturated rings. The molecule has 2 aromatic heterocycles. The number of carbonyl (C=O) groups is 2. The van der Waals surface area contributed by atoms with Gasteiger partial charge in [-0.15, -0.1) is 0 Å². The average molecular weight is 556 g/mol. The van der Waals surface area contributed by atoms with Crippen molar-refractivity contribution in [3.63, 3.8) is 0 Å². The van der Waals surface area contributed by atoms with E-state index < -0.39 is 11.5 Å². The number of hydrogen-bond donors (Lipinski definition) is 1. The van der Waals surface area contributed by atoms with Crippen LogP contribution in [0.15, 0.2) is 97.6 Å². The molecule has 4 atom stereocenters. The number of ketones is 1. The molecule has 0 saturated carbocycles. The molecule has 42 heavy (non-hydrogen) atoms. The number of Topliss-reactive ketones (excluding diaryl/α,β-unsaturated/α-hetero) is 1. The Hall–Kier alpha value is -4.89. The minimum Gasteiger partial charge on any atom is -0.324 e. The van der Waals surface area contributed by atoms with Crippen LogP contribution in [0.2, 0.25) is 0 Å². The fraction of sp³-hybridized carbons (Fsp3) is 0.242. The molecule has 1 spiro atoms. The lowest BCUT2D eigenvalue weighted by Crippen LogP contribution is -2.52. The Labute approximate surface area is 242 Å². The summed E-state index contributed by atoms with van der Waals surface area (Å²) in [7, 11) is 0. The molecular weight excluding hydrogens is 526 g/mol. The van der Waals surface area contributed by atoms with E-state index in [9.17, 15) is 9.59 Å². The van der Waals surface area contributed by atoms with Crippen molar-refractivity contribution < 1.29 is 9.59 Å². The maximum absolute atomic E-state index is 14.9. The predicted octanol–water partition coefficient (Wildman–Crippen LogP) is 4.67. The first kappa shape index (κ1) is 24.9. The Kier molecular flexibility index (Phi) is 5.52. The number of amides is 1. The number of aryl methyl sites for hydroxylation is 1. The zero-order valence-corrected chi connectivity index (χ0v) is 23.1. The van der Waals surface area contributed by atoms with Crippen LogP contribution in [0.25, 0.3) is 11.5 Å². The Morgan fingerprint density at radius 3 is 2.48 bits per heavy atom. The van der Waals surface area contributed by atoms with Crippen molar-refractivity contribution in [3.05, 3.63) is 120 Å². The van der Waals surface area contributed by atoms with Crippen molar-refractivity contribution in [2.24, 2.45) is 5.92 Å². The SMILES string of the molecule is Cc1nn(-c2ccccc2)c(-n2cncn2)c1C1C2CCCN2C2(C(=O)Nc3ccccc32)C1C(=O)c1ccccc1. The van der Waals surface area contributed by atoms with Gasteiger partial charge in [0.25, 0.3) is 0 Å². The second kappa shape index (κ2) is 9.32. The monoisotopic (exact) mass is 555 g/mol. The third-order valence-electron chi connectivity index (χ3n) is 9.30. The zero-order valence-electron chi connectivity index (χ0n) is 23.1. The first-order valence-electron chi connectivity index (χ1n) is 14.4. The summed E-state index contributed by atoms with van der Waals surface area (Å²) in [5.74, 6) is -0.458. The average Bonchev–Trinajstić information content (AvgIpc) is 3.84. The van der Waals surface area contributed by atoms with Crippen LogP contribution in [0.1, 0.15) is 45.9 Å². The summed E-state index contributed by atoms with van der Waals surface area (Å²) in [5.41, 5.74) is 3.70. The molecule has 9 heteroatoms. The van der Waals surface area contributed by atoms with Crippen molar-refractivity contribution in [1.29, 1.82) is 0 Å². The number of fused-ring (bicyclic) bond motifs is 4. The molecule has 5 aromatic rings. The molecule has 4 unspecified atom stereocenters. The molecule has 3 aliphatic rings. The van der Waals surface area contributed by atoms with Gasteiger partial charge in [-0.25, -0.2) is 14.3 Å². The number of carbonyl (C=O) groups excluding carboxylic acids is 2. The molecule has 1 amide bonds. The molecule has 1 N–H and O–H groups in total. The number of nitrogens with zero attached hydrogens (tertiary/aromatic N) is 6. The number of para-hydroxylation sites is 2. The summed E-state index contributed by atoms with van der Waals surface area (Å²) >= 11 is 0. The zero-order chi connectivity index (χ0) is 28.4. The predicted molar refractivity (Wildman–Crippen MR) is 157 cm³/mol. The highest BCUT2D eigenvalue weighted by Gasteiger charge is 2.70. The van der Waals surface area contributed by atoms with E-state index in [1.807, 2.05) is 96.5 Å². The van der Waals surface area contributed by atoms with Gasteiger partial charge in [0.1, 0.15) is 18.2 Å². The number of aromatic nitrogens is 5. The molecule has 3 aliphatic heterocycles. The van der Waals surface area contributed by atoms with Gasteiger partial charge >= 0.3 is 0 Å². The van der Waals surface area contributed by atoms with Gasteiger partial charge in [0.05, 0.1) is 17.3 Å². The van der Waals surface area contributed by atoms with E-state index in [1.54, 1.807) is 11.0 Å². The molecule has 5 heterocycles. The standard InChI is InChI=1S/C33H29N7O2/c1-21-27(31(39-20-34-19-35-39)40(37-21)23-13-6-3-7-14-23)28-26-17-10-18-38(26)33(24-15-8-9-16-25(24)36-32(33)42)29(28)30(41)22-11-4-2-5-12-22/h2-9,11-16,19-20,26,28-29H,10,17-18H2,1H3,(H,36,42). The molecule has 3 aromatic carbocycles. The van der Waals surface area contributed by atoms with Gasteiger partial charge in [-0.3, -0.25) is 14.5 Å². The fourth-order valence-corrected chi connectivity index (χ4v) is 7.82. The largest absolute Gasteiger partial charge is 0.324 e.